The van der Waals surface area contributed by atoms with Crippen molar-refractivity contribution in [3.05, 3.63) is 41.5 Å². The van der Waals surface area contributed by atoms with E-state index in [0.717, 1.165) is 30.4 Å². The van der Waals surface area contributed by atoms with Crippen LogP contribution in [0.5, 0.6) is 0 Å². The van der Waals surface area contributed by atoms with Crippen LogP contribution in [-0.4, -0.2) is 6.04 Å². The number of nitrogens with two attached hydrogens (primary N) is 1. The van der Waals surface area contributed by atoms with Crippen molar-refractivity contribution in [2.24, 2.45) is 11.1 Å². The zero-order valence-electron chi connectivity index (χ0n) is 8.84. The van der Waals surface area contributed by atoms with E-state index in [4.69, 9.17) is 5.73 Å². The second kappa shape index (κ2) is 3.14. The summed E-state index contributed by atoms with van der Waals surface area (Å²) >= 11 is 0. The van der Waals surface area contributed by atoms with Crippen LogP contribution in [-0.2, 0) is 0 Å². The van der Waals surface area contributed by atoms with Crippen molar-refractivity contribution < 1.29 is 8.78 Å². The number of rotatable bonds is 1. The van der Waals surface area contributed by atoms with Crippen LogP contribution in [0.25, 0.3) is 5.57 Å². The Labute approximate surface area is 93.0 Å². The number of benzene rings is 1. The molecule has 2 aliphatic rings. The molecule has 0 saturated heterocycles. The van der Waals surface area contributed by atoms with Gasteiger partial charge in [0.05, 0.1) is 0 Å². The minimum Gasteiger partial charge on any atom is -0.328 e. The molecule has 1 saturated carbocycles. The molecule has 3 rings (SSSR count). The van der Waals surface area contributed by atoms with Gasteiger partial charge in [0.15, 0.2) is 11.6 Å². The standard InChI is InChI=1S/C13H13F2N/c14-11-2-1-8(3-12(11)15)9-4-13(5-9)6-10(16)7-13/h1-4,10H,5-7,16H2. The van der Waals surface area contributed by atoms with Crippen molar-refractivity contribution in [1.82, 2.24) is 0 Å². The van der Waals surface area contributed by atoms with Crippen LogP contribution < -0.4 is 5.73 Å². The highest BCUT2D eigenvalue weighted by Gasteiger charge is 2.46. The summed E-state index contributed by atoms with van der Waals surface area (Å²) in [6.45, 7) is 0. The van der Waals surface area contributed by atoms with Crippen LogP contribution in [0, 0.1) is 17.0 Å². The molecule has 0 radical (unpaired) electrons. The van der Waals surface area contributed by atoms with Crippen LogP contribution in [0.15, 0.2) is 24.3 Å². The number of allylic oxidation sites excluding steroid dienone is 2. The quantitative estimate of drug-likeness (QED) is 0.775. The molecular weight excluding hydrogens is 208 g/mol. The fourth-order valence-electron chi connectivity index (χ4n) is 2.85. The second-order valence-electron chi connectivity index (χ2n) is 5.01. The minimum atomic E-state index is -0.788. The highest BCUT2D eigenvalue weighted by molar-refractivity contribution is 5.73. The van der Waals surface area contributed by atoms with Crippen LogP contribution in [0.4, 0.5) is 8.78 Å². The van der Waals surface area contributed by atoms with Gasteiger partial charge in [-0.3, -0.25) is 0 Å². The SMILES string of the molecule is NC1CC2(C=C(c3ccc(F)c(F)c3)C2)C1. The lowest BCUT2D eigenvalue weighted by atomic mass is 9.55. The third kappa shape index (κ3) is 1.39. The maximum atomic E-state index is 13.0. The molecule has 0 aliphatic heterocycles. The summed E-state index contributed by atoms with van der Waals surface area (Å²) in [4.78, 5) is 0. The van der Waals surface area contributed by atoms with E-state index < -0.39 is 11.6 Å². The Morgan fingerprint density at radius 2 is 1.88 bits per heavy atom. The lowest BCUT2D eigenvalue weighted by Gasteiger charge is -2.51. The normalized spacial score (nSPS) is 31.9. The fraction of sp³-hybridized carbons (Fsp3) is 0.385. The van der Waals surface area contributed by atoms with E-state index in [1.165, 1.54) is 12.1 Å². The molecule has 0 aromatic heterocycles. The van der Waals surface area contributed by atoms with Gasteiger partial charge in [-0.25, -0.2) is 8.78 Å². The summed E-state index contributed by atoms with van der Waals surface area (Å²) < 4.78 is 25.8. The van der Waals surface area contributed by atoms with Gasteiger partial charge >= 0.3 is 0 Å². The Bertz CT molecular complexity index is 473. The molecule has 0 bridgehead atoms. The van der Waals surface area contributed by atoms with Gasteiger partial charge in [0.1, 0.15) is 0 Å². The third-order valence-corrected chi connectivity index (χ3v) is 3.65. The molecule has 0 heterocycles. The van der Waals surface area contributed by atoms with E-state index in [9.17, 15) is 8.78 Å². The van der Waals surface area contributed by atoms with Crippen LogP contribution >= 0.6 is 0 Å². The molecule has 0 amide bonds. The Morgan fingerprint density at radius 1 is 1.19 bits per heavy atom. The summed E-state index contributed by atoms with van der Waals surface area (Å²) in [5, 5.41) is 0. The molecule has 1 spiro atoms. The summed E-state index contributed by atoms with van der Waals surface area (Å²) in [5.74, 6) is -1.56. The van der Waals surface area contributed by atoms with Crippen molar-refractivity contribution in [3.8, 4) is 0 Å². The maximum absolute atomic E-state index is 13.0. The molecule has 1 nitrogen and oxygen atoms in total. The first-order valence-corrected chi connectivity index (χ1v) is 5.51. The lowest BCUT2D eigenvalue weighted by Crippen LogP contribution is -2.48. The Balaban J connectivity index is 1.83. The molecule has 16 heavy (non-hydrogen) atoms. The minimum absolute atomic E-state index is 0.277. The first-order valence-electron chi connectivity index (χ1n) is 5.51. The molecule has 3 heteroatoms. The third-order valence-electron chi connectivity index (χ3n) is 3.65. The van der Waals surface area contributed by atoms with Crippen molar-refractivity contribution in [2.75, 3.05) is 0 Å². The van der Waals surface area contributed by atoms with Gasteiger partial charge in [0.2, 0.25) is 0 Å². The predicted molar refractivity (Wildman–Crippen MR) is 58.6 cm³/mol. The van der Waals surface area contributed by atoms with Gasteiger partial charge < -0.3 is 5.73 Å². The second-order valence-corrected chi connectivity index (χ2v) is 5.01. The number of hydrogen-bond acceptors (Lipinski definition) is 1. The van der Waals surface area contributed by atoms with Crippen molar-refractivity contribution >= 4 is 5.57 Å². The van der Waals surface area contributed by atoms with Gasteiger partial charge in [-0.15, -0.1) is 0 Å². The highest BCUT2D eigenvalue weighted by Crippen LogP contribution is 2.56. The van der Waals surface area contributed by atoms with Crippen molar-refractivity contribution in [3.63, 3.8) is 0 Å². The van der Waals surface area contributed by atoms with Gasteiger partial charge in [-0.2, -0.15) is 0 Å². The topological polar surface area (TPSA) is 26.0 Å². The average Bonchev–Trinajstić information content (AvgIpc) is 2.14. The molecule has 2 aliphatic carbocycles. The van der Waals surface area contributed by atoms with Crippen LogP contribution in [0.1, 0.15) is 24.8 Å². The summed E-state index contributed by atoms with van der Waals surface area (Å²) in [6, 6.07) is 4.41. The zero-order chi connectivity index (χ0) is 11.3. The molecule has 0 atom stereocenters. The summed E-state index contributed by atoms with van der Waals surface area (Å²) in [6.07, 6.45) is 5.18. The molecule has 2 N–H and O–H groups in total. The molecule has 0 unspecified atom stereocenters. The maximum Gasteiger partial charge on any atom is 0.159 e. The molecule has 1 aromatic carbocycles. The van der Waals surface area contributed by atoms with E-state index in [0.29, 0.717) is 6.04 Å². The van der Waals surface area contributed by atoms with Gasteiger partial charge in [0, 0.05) is 6.04 Å². The Hall–Kier alpha value is -1.22. The lowest BCUT2D eigenvalue weighted by molar-refractivity contribution is 0.155. The van der Waals surface area contributed by atoms with E-state index in [2.05, 4.69) is 6.08 Å². The monoisotopic (exact) mass is 221 g/mol. The van der Waals surface area contributed by atoms with Crippen molar-refractivity contribution in [1.29, 1.82) is 0 Å². The molecular formula is C13H13F2N. The first kappa shape index (κ1) is 9.97. The summed E-state index contributed by atoms with van der Waals surface area (Å²) in [7, 11) is 0. The van der Waals surface area contributed by atoms with Crippen LogP contribution in [0.2, 0.25) is 0 Å². The highest BCUT2D eigenvalue weighted by atomic mass is 19.2. The predicted octanol–water partition coefficient (Wildman–Crippen LogP) is 2.86. The van der Waals surface area contributed by atoms with E-state index in [1.54, 1.807) is 6.07 Å². The Morgan fingerprint density at radius 3 is 2.44 bits per heavy atom. The first-order chi connectivity index (χ1) is 7.58. The van der Waals surface area contributed by atoms with E-state index >= 15 is 0 Å². The smallest absolute Gasteiger partial charge is 0.159 e. The number of halogens is 2. The number of hydrogen-bond donors (Lipinski definition) is 1. The van der Waals surface area contributed by atoms with Crippen molar-refractivity contribution in [2.45, 2.75) is 25.3 Å². The molecule has 1 aromatic rings. The Kier molecular flexibility index (Phi) is 1.96. The zero-order valence-corrected chi connectivity index (χ0v) is 8.84. The van der Waals surface area contributed by atoms with Gasteiger partial charge in [-0.05, 0) is 47.9 Å². The fourth-order valence-corrected chi connectivity index (χ4v) is 2.85. The van der Waals surface area contributed by atoms with E-state index in [1.807, 2.05) is 0 Å². The summed E-state index contributed by atoms with van der Waals surface area (Å²) in [5.41, 5.74) is 7.94. The van der Waals surface area contributed by atoms with E-state index in [-0.39, 0.29) is 5.41 Å². The van der Waals surface area contributed by atoms with Gasteiger partial charge in [0.25, 0.3) is 0 Å². The largest absolute Gasteiger partial charge is 0.328 e. The van der Waals surface area contributed by atoms with Gasteiger partial charge in [-0.1, -0.05) is 12.1 Å². The molecule has 1 fully saturated rings. The van der Waals surface area contributed by atoms with Crippen LogP contribution in [0.3, 0.4) is 0 Å². The average molecular weight is 221 g/mol. The molecule has 84 valence electrons.